The number of aryl methyl sites for hydroxylation is 1. The van der Waals surface area contributed by atoms with Gasteiger partial charge in [-0.1, -0.05) is 48.5 Å². The van der Waals surface area contributed by atoms with Crippen LogP contribution in [0.25, 0.3) is 22.4 Å². The molecule has 1 N–H and O–H groups in total. The Hall–Kier alpha value is -4.79. The van der Waals surface area contributed by atoms with Crippen molar-refractivity contribution in [3.05, 3.63) is 113 Å². The Morgan fingerprint density at radius 3 is 2.40 bits per heavy atom. The second kappa shape index (κ2) is 11.1. The summed E-state index contributed by atoms with van der Waals surface area (Å²) in [7, 11) is 0. The summed E-state index contributed by atoms with van der Waals surface area (Å²) in [5.74, 6) is 0.0459. The van der Waals surface area contributed by atoms with E-state index in [2.05, 4.69) is 4.74 Å². The van der Waals surface area contributed by atoms with Crippen LogP contribution in [0.5, 0.6) is 11.5 Å². The number of imidazole rings is 1. The van der Waals surface area contributed by atoms with Gasteiger partial charge in [-0.05, 0) is 66.1 Å². The van der Waals surface area contributed by atoms with Crippen LogP contribution in [0.15, 0.2) is 91.0 Å². The Labute approximate surface area is 228 Å². The Balaban J connectivity index is 1.44. The molecule has 0 atom stereocenters. The predicted octanol–water partition coefficient (Wildman–Crippen LogP) is 7.16. The monoisotopic (exact) mass is 546 g/mol. The maximum atomic E-state index is 12.6. The van der Waals surface area contributed by atoms with Crippen LogP contribution in [-0.4, -0.2) is 27.0 Å². The zero-order valence-corrected chi connectivity index (χ0v) is 21.5. The van der Waals surface area contributed by atoms with Crippen molar-refractivity contribution in [2.45, 2.75) is 32.9 Å². The highest BCUT2D eigenvalue weighted by atomic mass is 19.4. The van der Waals surface area contributed by atoms with Crippen molar-refractivity contribution < 1.29 is 32.5 Å². The molecule has 5 aromatic rings. The first-order valence-corrected chi connectivity index (χ1v) is 12.5. The van der Waals surface area contributed by atoms with Gasteiger partial charge in [-0.15, -0.1) is 13.2 Å². The Morgan fingerprint density at radius 1 is 0.925 bits per heavy atom. The van der Waals surface area contributed by atoms with Gasteiger partial charge in [0.1, 0.15) is 23.9 Å². The van der Waals surface area contributed by atoms with Crippen molar-refractivity contribution in [1.82, 2.24) is 9.55 Å². The number of benzene rings is 4. The first kappa shape index (κ1) is 26.8. The van der Waals surface area contributed by atoms with Crippen molar-refractivity contribution in [3.63, 3.8) is 0 Å². The van der Waals surface area contributed by atoms with Crippen LogP contribution >= 0.6 is 0 Å². The third-order valence-corrected chi connectivity index (χ3v) is 6.45. The second-order valence-electron chi connectivity index (χ2n) is 9.31. The van der Waals surface area contributed by atoms with E-state index < -0.39 is 12.3 Å². The van der Waals surface area contributed by atoms with E-state index in [-0.39, 0.29) is 18.8 Å². The number of nitrogens with zero attached hydrogens (tertiary/aromatic N) is 2. The van der Waals surface area contributed by atoms with Gasteiger partial charge in [-0.3, -0.25) is 4.79 Å². The lowest BCUT2D eigenvalue weighted by Gasteiger charge is -2.15. The van der Waals surface area contributed by atoms with Crippen LogP contribution in [0.3, 0.4) is 0 Å². The maximum absolute atomic E-state index is 12.6. The molecule has 4 aromatic carbocycles. The van der Waals surface area contributed by atoms with Crippen LogP contribution in [-0.2, 0) is 24.4 Å². The van der Waals surface area contributed by atoms with Gasteiger partial charge in [0.2, 0.25) is 0 Å². The lowest BCUT2D eigenvalue weighted by Crippen LogP contribution is -2.17. The molecule has 1 aromatic heterocycles. The van der Waals surface area contributed by atoms with Crippen LogP contribution in [0.4, 0.5) is 13.2 Å². The van der Waals surface area contributed by atoms with Crippen LogP contribution in [0, 0.1) is 6.92 Å². The highest BCUT2D eigenvalue weighted by Gasteiger charge is 2.31. The highest BCUT2D eigenvalue weighted by molar-refractivity contribution is 5.81. The molecule has 0 spiro atoms. The number of alkyl halides is 3. The van der Waals surface area contributed by atoms with E-state index in [4.69, 9.17) is 9.72 Å². The van der Waals surface area contributed by atoms with E-state index in [0.717, 1.165) is 33.3 Å². The van der Waals surface area contributed by atoms with Gasteiger partial charge in [0.05, 0.1) is 24.0 Å². The summed E-state index contributed by atoms with van der Waals surface area (Å²) in [6.07, 6.45) is -4.83. The van der Waals surface area contributed by atoms with Gasteiger partial charge in [-0.2, -0.15) is 0 Å². The smallest absolute Gasteiger partial charge is 0.489 e. The number of carboxylic acids is 1. The molecular weight excluding hydrogens is 521 g/mol. The molecule has 0 unspecified atom stereocenters. The number of carbonyl (C=O) groups is 1. The number of aliphatic carboxylic acids is 1. The molecule has 0 aliphatic carbocycles. The van der Waals surface area contributed by atoms with Crippen LogP contribution < -0.4 is 9.47 Å². The molecule has 0 saturated carbocycles. The maximum Gasteiger partial charge on any atom is 0.573 e. The molecule has 6 nitrogen and oxygen atoms in total. The summed E-state index contributed by atoms with van der Waals surface area (Å²) < 4.78 is 50.1. The minimum absolute atomic E-state index is 0.0595. The van der Waals surface area contributed by atoms with Crippen molar-refractivity contribution >= 4 is 17.0 Å². The molecule has 0 fully saturated rings. The highest BCUT2D eigenvalue weighted by Crippen LogP contribution is 2.31. The molecule has 0 amide bonds. The Kier molecular flexibility index (Phi) is 7.46. The predicted molar refractivity (Wildman–Crippen MR) is 144 cm³/mol. The topological polar surface area (TPSA) is 73.6 Å². The van der Waals surface area contributed by atoms with Gasteiger partial charge >= 0.3 is 12.3 Å². The van der Waals surface area contributed by atoms with E-state index in [0.29, 0.717) is 23.7 Å². The molecule has 0 aliphatic rings. The molecule has 0 bridgehead atoms. The summed E-state index contributed by atoms with van der Waals surface area (Å²) in [4.78, 5) is 16.0. The molecule has 0 radical (unpaired) electrons. The first-order chi connectivity index (χ1) is 19.2. The van der Waals surface area contributed by atoms with Crippen molar-refractivity contribution in [2.24, 2.45) is 0 Å². The number of hydrogen-bond acceptors (Lipinski definition) is 4. The minimum atomic E-state index is -4.77. The van der Waals surface area contributed by atoms with E-state index in [1.807, 2.05) is 78.2 Å². The van der Waals surface area contributed by atoms with Crippen LogP contribution in [0.1, 0.15) is 22.3 Å². The van der Waals surface area contributed by atoms with Gasteiger partial charge in [0.15, 0.2) is 0 Å². The third kappa shape index (κ3) is 6.26. The van der Waals surface area contributed by atoms with Gasteiger partial charge in [0.25, 0.3) is 0 Å². The zero-order chi connectivity index (χ0) is 28.3. The molecule has 9 heteroatoms. The summed E-state index contributed by atoms with van der Waals surface area (Å²) >= 11 is 0. The van der Waals surface area contributed by atoms with Crippen molar-refractivity contribution in [1.29, 1.82) is 0 Å². The lowest BCUT2D eigenvalue weighted by molar-refractivity contribution is -0.274. The SMILES string of the molecule is Cc1ccc(COc2ccccc2Cn2c(-c3ccc(OC(F)(F)F)cc3)nc3ccccc32)cc1CC(=O)O. The van der Waals surface area contributed by atoms with Crippen molar-refractivity contribution in [2.75, 3.05) is 0 Å². The molecule has 0 saturated heterocycles. The fraction of sp³-hybridized carbons (Fsp3) is 0.161. The number of halogens is 3. The number of carboxylic acid groups (broad SMARTS) is 1. The molecule has 204 valence electrons. The number of hydrogen-bond donors (Lipinski definition) is 1. The number of aromatic nitrogens is 2. The number of para-hydroxylation sites is 3. The molecule has 5 rings (SSSR count). The minimum Gasteiger partial charge on any atom is -0.489 e. The zero-order valence-electron chi connectivity index (χ0n) is 21.5. The fourth-order valence-corrected chi connectivity index (χ4v) is 4.54. The molecule has 0 aliphatic heterocycles. The second-order valence-corrected chi connectivity index (χ2v) is 9.31. The number of rotatable bonds is 9. The quantitative estimate of drug-likeness (QED) is 0.212. The number of ether oxygens (including phenoxy) is 2. The van der Waals surface area contributed by atoms with Gasteiger partial charge in [0, 0.05) is 11.1 Å². The Morgan fingerprint density at radius 2 is 1.65 bits per heavy atom. The lowest BCUT2D eigenvalue weighted by atomic mass is 10.0. The van der Waals surface area contributed by atoms with Crippen molar-refractivity contribution in [3.8, 4) is 22.9 Å². The Bertz CT molecular complexity index is 1660. The summed E-state index contributed by atoms with van der Waals surface area (Å²) in [5, 5.41) is 9.20. The van der Waals surface area contributed by atoms with E-state index in [9.17, 15) is 23.1 Å². The standard InChI is InChI=1S/C31H25F3N2O4/c1-20-10-11-21(16-24(20)17-29(37)38)19-39-28-9-5-2-6-23(28)18-36-27-8-4-3-7-26(27)35-30(36)22-12-14-25(15-13-22)40-31(32,33)34/h2-16H,17-19H2,1H3,(H,37,38). The summed E-state index contributed by atoms with van der Waals surface area (Å²) in [6.45, 7) is 2.52. The van der Waals surface area contributed by atoms with Crippen LogP contribution in [0.2, 0.25) is 0 Å². The van der Waals surface area contributed by atoms with Gasteiger partial charge in [-0.25, -0.2) is 4.98 Å². The average molecular weight is 547 g/mol. The van der Waals surface area contributed by atoms with E-state index in [1.165, 1.54) is 12.1 Å². The van der Waals surface area contributed by atoms with Gasteiger partial charge < -0.3 is 19.1 Å². The molecular formula is C31H25F3N2O4. The molecule has 1 heterocycles. The summed E-state index contributed by atoms with van der Waals surface area (Å²) in [6, 6.07) is 26.5. The average Bonchev–Trinajstić information content (AvgIpc) is 3.27. The summed E-state index contributed by atoms with van der Waals surface area (Å²) in [5.41, 5.74) is 5.62. The largest absolute Gasteiger partial charge is 0.573 e. The fourth-order valence-electron chi connectivity index (χ4n) is 4.54. The third-order valence-electron chi connectivity index (χ3n) is 6.45. The molecule has 40 heavy (non-hydrogen) atoms. The normalized spacial score (nSPS) is 11.5. The van der Waals surface area contributed by atoms with E-state index in [1.54, 1.807) is 12.1 Å². The van der Waals surface area contributed by atoms with E-state index >= 15 is 0 Å². The first-order valence-electron chi connectivity index (χ1n) is 12.5. The number of fused-ring (bicyclic) bond motifs is 1.